The lowest BCUT2D eigenvalue weighted by molar-refractivity contribution is -0.0269. The van der Waals surface area contributed by atoms with E-state index in [4.69, 9.17) is 4.74 Å². The number of aliphatic hydroxyl groups excluding tert-OH is 1. The molecule has 0 heterocycles. The molecule has 20 heavy (non-hydrogen) atoms. The summed E-state index contributed by atoms with van der Waals surface area (Å²) in [6, 6.07) is 7.86. The van der Waals surface area contributed by atoms with Gasteiger partial charge in [0.15, 0.2) is 0 Å². The Labute approximate surface area is 122 Å². The molecule has 1 atom stereocenters. The number of methoxy groups -OCH3 is 1. The van der Waals surface area contributed by atoms with Crippen LogP contribution in [0.2, 0.25) is 0 Å². The van der Waals surface area contributed by atoms with Gasteiger partial charge in [-0.1, -0.05) is 38.8 Å². The molecule has 0 bridgehead atoms. The molecule has 3 nitrogen and oxygen atoms in total. The third-order valence-corrected chi connectivity index (χ3v) is 4.78. The first-order valence-corrected chi connectivity index (χ1v) is 7.75. The summed E-state index contributed by atoms with van der Waals surface area (Å²) in [5, 5.41) is 11.0. The highest BCUT2D eigenvalue weighted by atomic mass is 16.5. The van der Waals surface area contributed by atoms with Crippen molar-refractivity contribution in [3.05, 3.63) is 29.8 Å². The number of nitrogens with zero attached hydrogens (tertiary/aromatic N) is 1. The van der Waals surface area contributed by atoms with Gasteiger partial charge < -0.3 is 9.84 Å². The SMILES string of the molecule is CCN(CC)C1(C(O)c2cccc(OC)c2)CCCC1. The summed E-state index contributed by atoms with van der Waals surface area (Å²) in [4.78, 5) is 2.43. The van der Waals surface area contributed by atoms with Crippen molar-refractivity contribution in [1.29, 1.82) is 0 Å². The molecule has 112 valence electrons. The van der Waals surface area contributed by atoms with Gasteiger partial charge in [0, 0.05) is 0 Å². The summed E-state index contributed by atoms with van der Waals surface area (Å²) in [5.41, 5.74) is 0.869. The Balaban J connectivity index is 2.33. The molecule has 0 aliphatic heterocycles. The number of hydrogen-bond acceptors (Lipinski definition) is 3. The highest BCUT2D eigenvalue weighted by molar-refractivity contribution is 5.32. The summed E-state index contributed by atoms with van der Waals surface area (Å²) < 4.78 is 5.29. The fourth-order valence-corrected chi connectivity index (χ4v) is 3.73. The predicted octanol–water partition coefficient (Wildman–Crippen LogP) is 3.38. The second-order valence-corrected chi connectivity index (χ2v) is 5.66. The smallest absolute Gasteiger partial charge is 0.119 e. The van der Waals surface area contributed by atoms with E-state index in [-0.39, 0.29) is 5.54 Å². The molecule has 1 aliphatic rings. The Morgan fingerprint density at radius 3 is 2.45 bits per heavy atom. The van der Waals surface area contributed by atoms with Gasteiger partial charge >= 0.3 is 0 Å². The van der Waals surface area contributed by atoms with Crippen molar-refractivity contribution >= 4 is 0 Å². The molecule has 0 aromatic heterocycles. The Morgan fingerprint density at radius 2 is 1.90 bits per heavy atom. The zero-order valence-corrected chi connectivity index (χ0v) is 12.9. The van der Waals surface area contributed by atoms with Crippen molar-refractivity contribution in [1.82, 2.24) is 4.90 Å². The topological polar surface area (TPSA) is 32.7 Å². The van der Waals surface area contributed by atoms with Gasteiger partial charge in [-0.2, -0.15) is 0 Å². The van der Waals surface area contributed by atoms with E-state index in [1.165, 1.54) is 12.8 Å². The normalized spacial score (nSPS) is 19.2. The first kappa shape index (κ1) is 15.3. The molecule has 1 saturated carbocycles. The minimum absolute atomic E-state index is 0.101. The minimum Gasteiger partial charge on any atom is -0.497 e. The largest absolute Gasteiger partial charge is 0.497 e. The lowest BCUT2D eigenvalue weighted by Crippen LogP contribution is -2.51. The molecule has 1 unspecified atom stereocenters. The summed E-state index contributed by atoms with van der Waals surface area (Å²) in [5.74, 6) is 0.814. The molecule has 1 fully saturated rings. The fraction of sp³-hybridized carbons (Fsp3) is 0.647. The van der Waals surface area contributed by atoms with Crippen molar-refractivity contribution in [2.24, 2.45) is 0 Å². The average molecular weight is 277 g/mol. The molecular formula is C17H27NO2. The molecule has 0 saturated heterocycles. The van der Waals surface area contributed by atoms with Crippen molar-refractivity contribution in [3.8, 4) is 5.75 Å². The summed E-state index contributed by atoms with van der Waals surface area (Å²) in [6.45, 7) is 6.33. The van der Waals surface area contributed by atoms with Gasteiger partial charge in [-0.05, 0) is 43.6 Å². The Bertz CT molecular complexity index is 423. The summed E-state index contributed by atoms with van der Waals surface area (Å²) >= 11 is 0. The third-order valence-electron chi connectivity index (χ3n) is 4.78. The second-order valence-electron chi connectivity index (χ2n) is 5.66. The van der Waals surface area contributed by atoms with E-state index in [0.29, 0.717) is 0 Å². The predicted molar refractivity (Wildman–Crippen MR) is 82.1 cm³/mol. The first-order chi connectivity index (χ1) is 9.67. The first-order valence-electron chi connectivity index (χ1n) is 7.75. The van der Waals surface area contributed by atoms with E-state index in [0.717, 1.165) is 37.2 Å². The van der Waals surface area contributed by atoms with Crippen molar-refractivity contribution in [2.75, 3.05) is 20.2 Å². The van der Waals surface area contributed by atoms with Crippen LogP contribution in [0.4, 0.5) is 0 Å². The summed E-state index contributed by atoms with van der Waals surface area (Å²) in [6.07, 6.45) is 4.12. The van der Waals surface area contributed by atoms with Gasteiger partial charge in [-0.25, -0.2) is 0 Å². The minimum atomic E-state index is -0.444. The van der Waals surface area contributed by atoms with Crippen LogP contribution >= 0.6 is 0 Å². The maximum Gasteiger partial charge on any atom is 0.119 e. The van der Waals surface area contributed by atoms with Crippen molar-refractivity contribution < 1.29 is 9.84 Å². The summed E-state index contributed by atoms with van der Waals surface area (Å²) in [7, 11) is 1.67. The number of rotatable bonds is 6. The van der Waals surface area contributed by atoms with E-state index < -0.39 is 6.10 Å². The molecule has 0 radical (unpaired) electrons. The number of aliphatic hydroxyl groups is 1. The van der Waals surface area contributed by atoms with E-state index in [1.54, 1.807) is 7.11 Å². The zero-order valence-electron chi connectivity index (χ0n) is 12.9. The van der Waals surface area contributed by atoms with Gasteiger partial charge in [0.1, 0.15) is 5.75 Å². The Kier molecular flexibility index (Phi) is 5.06. The number of benzene rings is 1. The molecule has 2 rings (SSSR count). The standard InChI is InChI=1S/C17H27NO2/c1-4-18(5-2)17(11-6-7-12-17)16(19)14-9-8-10-15(13-14)20-3/h8-10,13,16,19H,4-7,11-12H2,1-3H3. The number of hydrogen-bond donors (Lipinski definition) is 1. The third kappa shape index (κ3) is 2.70. The highest BCUT2D eigenvalue weighted by Gasteiger charge is 2.44. The van der Waals surface area contributed by atoms with Crippen LogP contribution in [-0.4, -0.2) is 35.7 Å². The fourth-order valence-electron chi connectivity index (χ4n) is 3.73. The molecule has 0 amide bonds. The van der Waals surface area contributed by atoms with E-state index in [2.05, 4.69) is 18.7 Å². The second kappa shape index (κ2) is 6.59. The van der Waals surface area contributed by atoms with Gasteiger partial charge in [0.05, 0.1) is 18.8 Å². The quantitative estimate of drug-likeness (QED) is 0.865. The molecule has 1 aromatic carbocycles. The lowest BCUT2D eigenvalue weighted by atomic mass is 9.84. The van der Waals surface area contributed by atoms with E-state index >= 15 is 0 Å². The van der Waals surface area contributed by atoms with Gasteiger partial charge in [-0.15, -0.1) is 0 Å². The maximum absolute atomic E-state index is 11.0. The average Bonchev–Trinajstić information content (AvgIpc) is 2.98. The van der Waals surface area contributed by atoms with Crippen molar-refractivity contribution in [2.45, 2.75) is 51.2 Å². The molecular weight excluding hydrogens is 250 g/mol. The molecule has 0 spiro atoms. The van der Waals surface area contributed by atoms with E-state index in [9.17, 15) is 5.11 Å². The van der Waals surface area contributed by atoms with Gasteiger partial charge in [0.2, 0.25) is 0 Å². The van der Waals surface area contributed by atoms with Crippen LogP contribution < -0.4 is 4.74 Å². The number of likely N-dealkylation sites (N-methyl/N-ethyl adjacent to an activating group) is 1. The van der Waals surface area contributed by atoms with Gasteiger partial charge in [-0.3, -0.25) is 4.90 Å². The maximum atomic E-state index is 11.0. The van der Waals surface area contributed by atoms with Gasteiger partial charge in [0.25, 0.3) is 0 Å². The van der Waals surface area contributed by atoms with Crippen LogP contribution in [0.3, 0.4) is 0 Å². The number of ether oxygens (including phenoxy) is 1. The molecule has 3 heteroatoms. The molecule has 1 aromatic rings. The lowest BCUT2D eigenvalue weighted by Gasteiger charge is -2.44. The monoisotopic (exact) mass is 277 g/mol. The van der Waals surface area contributed by atoms with Crippen LogP contribution in [0.5, 0.6) is 5.75 Å². The molecule has 1 N–H and O–H groups in total. The van der Waals surface area contributed by atoms with Crippen LogP contribution in [0.1, 0.15) is 51.2 Å². The van der Waals surface area contributed by atoms with Crippen LogP contribution in [0.25, 0.3) is 0 Å². The highest BCUT2D eigenvalue weighted by Crippen LogP contribution is 2.44. The van der Waals surface area contributed by atoms with Crippen LogP contribution in [0.15, 0.2) is 24.3 Å². The Hall–Kier alpha value is -1.06. The Morgan fingerprint density at radius 1 is 1.25 bits per heavy atom. The zero-order chi connectivity index (χ0) is 14.6. The van der Waals surface area contributed by atoms with Crippen molar-refractivity contribution in [3.63, 3.8) is 0 Å². The van der Waals surface area contributed by atoms with Crippen LogP contribution in [-0.2, 0) is 0 Å². The van der Waals surface area contributed by atoms with Crippen LogP contribution in [0, 0.1) is 0 Å². The molecule has 1 aliphatic carbocycles. The van der Waals surface area contributed by atoms with E-state index in [1.807, 2.05) is 24.3 Å².